The topological polar surface area (TPSA) is 57.7 Å². The normalized spacial score (nSPS) is 18.3. The quantitative estimate of drug-likeness (QED) is 0.789. The second kappa shape index (κ2) is 5.05. The molecule has 3 heterocycles. The van der Waals surface area contributed by atoms with E-state index in [1.165, 1.54) is 18.0 Å². The highest BCUT2D eigenvalue weighted by atomic mass is 19.1. The summed E-state index contributed by atoms with van der Waals surface area (Å²) in [5.74, 6) is 1.06. The minimum absolute atomic E-state index is 0.109. The van der Waals surface area contributed by atoms with Gasteiger partial charge in [-0.25, -0.2) is 19.3 Å². The van der Waals surface area contributed by atoms with E-state index in [0.717, 1.165) is 36.2 Å². The zero-order valence-electron chi connectivity index (χ0n) is 12.3. The van der Waals surface area contributed by atoms with E-state index in [1.54, 1.807) is 0 Å². The predicted octanol–water partition coefficient (Wildman–Crippen LogP) is 3.14. The zero-order valence-corrected chi connectivity index (χ0v) is 12.3. The van der Waals surface area contributed by atoms with E-state index in [-0.39, 0.29) is 6.04 Å². The lowest BCUT2D eigenvalue weighted by atomic mass is 10.2. The molecular formula is C16H16FN5. The fraction of sp³-hybridized carbons (Fsp3) is 0.312. The number of imidazole rings is 1. The number of H-pyrrole nitrogens is 1. The van der Waals surface area contributed by atoms with Crippen LogP contribution in [0.2, 0.25) is 0 Å². The summed E-state index contributed by atoms with van der Waals surface area (Å²) in [5, 5.41) is 0. The molecule has 3 aromatic rings. The number of halogens is 1. The molecule has 1 N–H and O–H groups in total. The van der Waals surface area contributed by atoms with Gasteiger partial charge in [0.15, 0.2) is 5.82 Å². The van der Waals surface area contributed by atoms with Gasteiger partial charge in [0, 0.05) is 6.54 Å². The molecule has 1 aliphatic rings. The van der Waals surface area contributed by atoms with Gasteiger partial charge in [-0.1, -0.05) is 6.07 Å². The van der Waals surface area contributed by atoms with Gasteiger partial charge in [-0.2, -0.15) is 0 Å². The minimum atomic E-state index is -0.418. The van der Waals surface area contributed by atoms with Gasteiger partial charge in [0.1, 0.15) is 5.82 Å². The molecule has 112 valence electrons. The van der Waals surface area contributed by atoms with Crippen molar-refractivity contribution in [3.05, 3.63) is 47.8 Å². The summed E-state index contributed by atoms with van der Waals surface area (Å²) < 4.78 is 13.0. The van der Waals surface area contributed by atoms with Crippen molar-refractivity contribution in [1.82, 2.24) is 19.9 Å². The molecule has 1 aliphatic heterocycles. The van der Waals surface area contributed by atoms with Crippen molar-refractivity contribution in [3.63, 3.8) is 0 Å². The van der Waals surface area contributed by atoms with Crippen LogP contribution in [0.3, 0.4) is 0 Å². The molecule has 22 heavy (non-hydrogen) atoms. The van der Waals surface area contributed by atoms with Crippen LogP contribution in [0.5, 0.6) is 0 Å². The molecule has 0 spiro atoms. The van der Waals surface area contributed by atoms with E-state index < -0.39 is 5.82 Å². The molecule has 4 rings (SSSR count). The third-order valence-electron chi connectivity index (χ3n) is 4.09. The summed E-state index contributed by atoms with van der Waals surface area (Å²) in [7, 11) is 0. The third kappa shape index (κ3) is 2.20. The SMILES string of the molecule is Cc1ccc2nc([C@H]3CCCN3c3ncc(F)cn3)[nH]c2c1. The van der Waals surface area contributed by atoms with Gasteiger partial charge in [0.05, 0.1) is 29.5 Å². The number of aromatic amines is 1. The van der Waals surface area contributed by atoms with Crippen molar-refractivity contribution >= 4 is 17.0 Å². The van der Waals surface area contributed by atoms with Crippen molar-refractivity contribution in [1.29, 1.82) is 0 Å². The zero-order chi connectivity index (χ0) is 15.1. The van der Waals surface area contributed by atoms with Crippen LogP contribution in [0.4, 0.5) is 10.3 Å². The van der Waals surface area contributed by atoms with Crippen molar-refractivity contribution in [3.8, 4) is 0 Å². The molecule has 0 amide bonds. The molecule has 2 aromatic heterocycles. The Kier molecular flexibility index (Phi) is 3.03. The second-order valence-electron chi connectivity index (χ2n) is 5.70. The first-order valence-corrected chi connectivity index (χ1v) is 7.41. The number of aryl methyl sites for hydroxylation is 1. The van der Waals surface area contributed by atoms with E-state index in [9.17, 15) is 4.39 Å². The van der Waals surface area contributed by atoms with Gasteiger partial charge in [-0.3, -0.25) is 0 Å². The molecule has 1 saturated heterocycles. The molecule has 1 atom stereocenters. The maximum Gasteiger partial charge on any atom is 0.226 e. The number of anilines is 1. The molecule has 6 heteroatoms. The van der Waals surface area contributed by atoms with Gasteiger partial charge in [0.2, 0.25) is 5.95 Å². The van der Waals surface area contributed by atoms with Gasteiger partial charge in [0.25, 0.3) is 0 Å². The molecule has 0 saturated carbocycles. The van der Waals surface area contributed by atoms with E-state index in [2.05, 4.69) is 38.9 Å². The van der Waals surface area contributed by atoms with Crippen LogP contribution in [-0.2, 0) is 0 Å². The van der Waals surface area contributed by atoms with E-state index in [4.69, 9.17) is 4.98 Å². The van der Waals surface area contributed by atoms with E-state index in [1.807, 2.05) is 6.07 Å². The monoisotopic (exact) mass is 297 g/mol. The molecule has 5 nitrogen and oxygen atoms in total. The Morgan fingerprint density at radius 3 is 2.91 bits per heavy atom. The van der Waals surface area contributed by atoms with Gasteiger partial charge in [-0.15, -0.1) is 0 Å². The largest absolute Gasteiger partial charge is 0.340 e. The minimum Gasteiger partial charge on any atom is -0.340 e. The Bertz CT molecular complexity index is 811. The fourth-order valence-corrected chi connectivity index (χ4v) is 3.05. The Labute approximate surface area is 127 Å². The average molecular weight is 297 g/mol. The van der Waals surface area contributed by atoms with Crippen molar-refractivity contribution in [2.45, 2.75) is 25.8 Å². The van der Waals surface area contributed by atoms with Crippen LogP contribution < -0.4 is 4.90 Å². The van der Waals surface area contributed by atoms with Crippen molar-refractivity contribution in [2.24, 2.45) is 0 Å². The average Bonchev–Trinajstić information content (AvgIpc) is 3.13. The first kappa shape index (κ1) is 13.2. The molecule has 0 unspecified atom stereocenters. The Morgan fingerprint density at radius 2 is 2.09 bits per heavy atom. The highest BCUT2D eigenvalue weighted by Gasteiger charge is 2.30. The second-order valence-corrected chi connectivity index (χ2v) is 5.70. The number of aromatic nitrogens is 4. The van der Waals surface area contributed by atoms with Gasteiger partial charge >= 0.3 is 0 Å². The van der Waals surface area contributed by atoms with Crippen molar-refractivity contribution < 1.29 is 4.39 Å². The van der Waals surface area contributed by atoms with Crippen molar-refractivity contribution in [2.75, 3.05) is 11.4 Å². The van der Waals surface area contributed by atoms with Crippen LogP contribution in [0.25, 0.3) is 11.0 Å². The standard InChI is InChI=1S/C16H16FN5/c1-10-4-5-12-13(7-10)21-15(20-12)14-3-2-6-22(14)16-18-8-11(17)9-19-16/h4-5,7-9,14H,2-3,6H2,1H3,(H,20,21)/t14-/m1/s1. The highest BCUT2D eigenvalue weighted by Crippen LogP contribution is 2.33. The predicted molar refractivity (Wildman–Crippen MR) is 82.1 cm³/mol. The summed E-state index contributed by atoms with van der Waals surface area (Å²) in [6.07, 6.45) is 4.44. The maximum absolute atomic E-state index is 13.0. The number of benzene rings is 1. The summed E-state index contributed by atoms with van der Waals surface area (Å²) >= 11 is 0. The Hall–Kier alpha value is -2.50. The summed E-state index contributed by atoms with van der Waals surface area (Å²) in [5.41, 5.74) is 3.21. The smallest absolute Gasteiger partial charge is 0.226 e. The van der Waals surface area contributed by atoms with Crippen LogP contribution >= 0.6 is 0 Å². The molecular weight excluding hydrogens is 281 g/mol. The first-order valence-electron chi connectivity index (χ1n) is 7.41. The first-order chi connectivity index (χ1) is 10.7. The van der Waals surface area contributed by atoms with Crippen LogP contribution in [0, 0.1) is 12.7 Å². The lowest BCUT2D eigenvalue weighted by Crippen LogP contribution is -2.25. The number of hydrogen-bond donors (Lipinski definition) is 1. The maximum atomic E-state index is 13.0. The van der Waals surface area contributed by atoms with Gasteiger partial charge < -0.3 is 9.88 Å². The molecule has 0 aliphatic carbocycles. The lowest BCUT2D eigenvalue weighted by molar-refractivity contribution is 0.606. The molecule has 0 radical (unpaired) electrons. The fourth-order valence-electron chi connectivity index (χ4n) is 3.05. The van der Waals surface area contributed by atoms with Crippen LogP contribution in [0.1, 0.15) is 30.3 Å². The van der Waals surface area contributed by atoms with E-state index >= 15 is 0 Å². The number of hydrogen-bond acceptors (Lipinski definition) is 4. The Morgan fingerprint density at radius 1 is 1.27 bits per heavy atom. The molecule has 1 aromatic carbocycles. The Balaban J connectivity index is 1.71. The summed E-state index contributed by atoms with van der Waals surface area (Å²) in [4.78, 5) is 18.4. The number of nitrogens with one attached hydrogen (secondary N) is 1. The van der Waals surface area contributed by atoms with Gasteiger partial charge in [-0.05, 0) is 37.5 Å². The third-order valence-corrected chi connectivity index (χ3v) is 4.09. The summed E-state index contributed by atoms with van der Waals surface area (Å²) in [6.45, 7) is 2.92. The molecule has 0 bridgehead atoms. The highest BCUT2D eigenvalue weighted by molar-refractivity contribution is 5.76. The lowest BCUT2D eigenvalue weighted by Gasteiger charge is -2.22. The number of rotatable bonds is 2. The van der Waals surface area contributed by atoms with E-state index in [0.29, 0.717) is 5.95 Å². The number of nitrogens with zero attached hydrogens (tertiary/aromatic N) is 4. The van der Waals surface area contributed by atoms with Crippen LogP contribution in [-0.4, -0.2) is 26.5 Å². The summed E-state index contributed by atoms with van der Waals surface area (Å²) in [6, 6.07) is 6.29. The molecule has 1 fully saturated rings. The number of fused-ring (bicyclic) bond motifs is 1. The van der Waals surface area contributed by atoms with Crippen LogP contribution in [0.15, 0.2) is 30.6 Å².